The minimum Gasteiger partial charge on any atom is -0.494 e. The average molecular weight is 326 g/mol. The molecule has 0 saturated heterocycles. The highest BCUT2D eigenvalue weighted by molar-refractivity contribution is 7.22. The van der Waals surface area contributed by atoms with Gasteiger partial charge in [-0.3, -0.25) is 4.79 Å². The van der Waals surface area contributed by atoms with Crippen molar-refractivity contribution >= 4 is 32.6 Å². The van der Waals surface area contributed by atoms with Crippen LogP contribution in [0.4, 0.5) is 5.13 Å². The van der Waals surface area contributed by atoms with E-state index in [1.807, 2.05) is 55.5 Å². The molecule has 2 aromatic carbocycles. The lowest BCUT2D eigenvalue weighted by Crippen LogP contribution is -2.20. The minimum atomic E-state index is -0.176. The topological polar surface area (TPSA) is 51.2 Å². The summed E-state index contributed by atoms with van der Waals surface area (Å²) in [6.07, 6.45) is 0.740. The van der Waals surface area contributed by atoms with Crippen LogP contribution < -0.4 is 10.1 Å². The fourth-order valence-electron chi connectivity index (χ4n) is 2.59. The molecule has 0 radical (unpaired) electrons. The number of benzene rings is 2. The zero-order valence-electron chi connectivity index (χ0n) is 13.1. The fourth-order valence-corrected chi connectivity index (χ4v) is 3.48. The highest BCUT2D eigenvalue weighted by Crippen LogP contribution is 2.32. The van der Waals surface area contributed by atoms with Crippen LogP contribution in [-0.4, -0.2) is 18.0 Å². The summed E-state index contributed by atoms with van der Waals surface area (Å²) >= 11 is 1.46. The predicted molar refractivity (Wildman–Crippen MR) is 94.3 cm³/mol. The maximum Gasteiger partial charge on any atom is 0.233 e. The number of ether oxygens (including phenoxy) is 1. The number of methoxy groups -OCH3 is 1. The van der Waals surface area contributed by atoms with Crippen LogP contribution in [0, 0.1) is 0 Å². The third-order valence-electron chi connectivity index (χ3n) is 3.76. The number of hydrogen-bond acceptors (Lipinski definition) is 4. The van der Waals surface area contributed by atoms with Gasteiger partial charge in [-0.2, -0.15) is 0 Å². The maximum absolute atomic E-state index is 12.6. The first-order valence-corrected chi connectivity index (χ1v) is 8.34. The molecule has 0 aliphatic heterocycles. The molecule has 4 nitrogen and oxygen atoms in total. The molecule has 0 fully saturated rings. The summed E-state index contributed by atoms with van der Waals surface area (Å²) in [6.45, 7) is 2.01. The van der Waals surface area contributed by atoms with Crippen LogP contribution in [0.25, 0.3) is 10.2 Å². The summed E-state index contributed by atoms with van der Waals surface area (Å²) in [6, 6.07) is 15.6. The van der Waals surface area contributed by atoms with Crippen LogP contribution in [0.15, 0.2) is 48.5 Å². The number of carbonyl (C=O) groups excluding carboxylic acids is 1. The Bertz CT molecular complexity index is 814. The molecular formula is C18H18N2O2S. The molecule has 3 aromatic rings. The van der Waals surface area contributed by atoms with E-state index in [0.29, 0.717) is 10.9 Å². The zero-order valence-corrected chi connectivity index (χ0v) is 13.9. The molecule has 0 aliphatic rings. The summed E-state index contributed by atoms with van der Waals surface area (Å²) in [7, 11) is 1.62. The van der Waals surface area contributed by atoms with Crippen molar-refractivity contribution in [3.05, 3.63) is 54.1 Å². The van der Waals surface area contributed by atoms with Gasteiger partial charge in [-0.25, -0.2) is 4.98 Å². The van der Waals surface area contributed by atoms with E-state index in [1.54, 1.807) is 7.11 Å². The van der Waals surface area contributed by atoms with Crippen molar-refractivity contribution in [1.82, 2.24) is 4.98 Å². The number of hydrogen-bond donors (Lipinski definition) is 1. The molecule has 1 amide bonds. The molecule has 0 aliphatic carbocycles. The van der Waals surface area contributed by atoms with Gasteiger partial charge in [-0.15, -0.1) is 0 Å². The van der Waals surface area contributed by atoms with Crippen LogP contribution in [-0.2, 0) is 4.79 Å². The molecule has 0 spiro atoms. The molecule has 1 unspecified atom stereocenters. The first-order valence-electron chi connectivity index (χ1n) is 7.52. The second kappa shape index (κ2) is 6.79. The van der Waals surface area contributed by atoms with Gasteiger partial charge in [0, 0.05) is 0 Å². The van der Waals surface area contributed by atoms with E-state index in [-0.39, 0.29) is 11.8 Å². The van der Waals surface area contributed by atoms with E-state index >= 15 is 0 Å². The molecule has 0 saturated carbocycles. The van der Waals surface area contributed by atoms with E-state index in [9.17, 15) is 4.79 Å². The molecule has 1 aromatic heterocycles. The van der Waals surface area contributed by atoms with Crippen LogP contribution in [0.5, 0.6) is 5.75 Å². The summed E-state index contributed by atoms with van der Waals surface area (Å²) in [5, 5.41) is 3.55. The summed E-state index contributed by atoms with van der Waals surface area (Å²) in [4.78, 5) is 17.1. The molecule has 1 N–H and O–H groups in total. The van der Waals surface area contributed by atoms with E-state index in [0.717, 1.165) is 22.2 Å². The zero-order chi connectivity index (χ0) is 16.2. The number of para-hydroxylation sites is 1. The molecule has 5 heteroatoms. The van der Waals surface area contributed by atoms with E-state index < -0.39 is 0 Å². The SMILES string of the molecule is CCC(C(=O)Nc1nc2c(OC)cccc2s1)c1ccccc1. The van der Waals surface area contributed by atoms with Crippen LogP contribution >= 0.6 is 11.3 Å². The molecule has 23 heavy (non-hydrogen) atoms. The summed E-state index contributed by atoms with van der Waals surface area (Å²) < 4.78 is 6.31. The number of aromatic nitrogens is 1. The Morgan fingerprint density at radius 1 is 1.22 bits per heavy atom. The van der Waals surface area contributed by atoms with Crippen LogP contribution in [0.2, 0.25) is 0 Å². The number of fused-ring (bicyclic) bond motifs is 1. The monoisotopic (exact) mass is 326 g/mol. The predicted octanol–water partition coefficient (Wildman–Crippen LogP) is 4.44. The fraction of sp³-hybridized carbons (Fsp3) is 0.222. The molecule has 0 bridgehead atoms. The van der Waals surface area contributed by atoms with Crippen molar-refractivity contribution < 1.29 is 9.53 Å². The Balaban J connectivity index is 1.85. The first kappa shape index (κ1) is 15.5. The van der Waals surface area contributed by atoms with E-state index in [1.165, 1.54) is 11.3 Å². The van der Waals surface area contributed by atoms with Gasteiger partial charge in [0.15, 0.2) is 5.13 Å². The largest absolute Gasteiger partial charge is 0.494 e. The van der Waals surface area contributed by atoms with Crippen LogP contribution in [0.1, 0.15) is 24.8 Å². The Morgan fingerprint density at radius 2 is 2.00 bits per heavy atom. The molecule has 1 heterocycles. The number of carbonyl (C=O) groups is 1. The quantitative estimate of drug-likeness (QED) is 0.754. The second-order valence-corrected chi connectivity index (χ2v) is 6.22. The smallest absolute Gasteiger partial charge is 0.233 e. The Kier molecular flexibility index (Phi) is 4.57. The Labute approximate surface area is 139 Å². The van der Waals surface area contributed by atoms with Gasteiger partial charge in [0.2, 0.25) is 5.91 Å². The number of thiazole rings is 1. The third-order valence-corrected chi connectivity index (χ3v) is 4.69. The minimum absolute atomic E-state index is 0.0308. The van der Waals surface area contributed by atoms with Crippen molar-refractivity contribution in [3.63, 3.8) is 0 Å². The van der Waals surface area contributed by atoms with E-state index in [2.05, 4.69) is 10.3 Å². The van der Waals surface area contributed by atoms with Gasteiger partial charge in [0.05, 0.1) is 17.7 Å². The summed E-state index contributed by atoms with van der Waals surface area (Å²) in [5.74, 6) is 0.510. The van der Waals surface area contributed by atoms with Crippen molar-refractivity contribution in [3.8, 4) is 5.75 Å². The van der Waals surface area contributed by atoms with Crippen molar-refractivity contribution in [1.29, 1.82) is 0 Å². The van der Waals surface area contributed by atoms with Gasteiger partial charge >= 0.3 is 0 Å². The highest BCUT2D eigenvalue weighted by atomic mass is 32.1. The summed E-state index contributed by atoms with van der Waals surface area (Å²) in [5.41, 5.74) is 1.80. The second-order valence-electron chi connectivity index (χ2n) is 5.19. The molecular weight excluding hydrogens is 308 g/mol. The van der Waals surface area contributed by atoms with Gasteiger partial charge in [-0.1, -0.05) is 54.7 Å². The van der Waals surface area contributed by atoms with Gasteiger partial charge in [-0.05, 0) is 24.1 Å². The number of nitrogens with zero attached hydrogens (tertiary/aromatic N) is 1. The highest BCUT2D eigenvalue weighted by Gasteiger charge is 2.20. The van der Waals surface area contributed by atoms with Crippen molar-refractivity contribution in [2.45, 2.75) is 19.3 Å². The van der Waals surface area contributed by atoms with Gasteiger partial charge < -0.3 is 10.1 Å². The van der Waals surface area contributed by atoms with E-state index in [4.69, 9.17) is 4.74 Å². The lowest BCUT2D eigenvalue weighted by atomic mass is 9.96. The Morgan fingerprint density at radius 3 is 2.70 bits per heavy atom. The number of anilines is 1. The molecule has 118 valence electrons. The normalized spacial score (nSPS) is 12.1. The first-order chi connectivity index (χ1) is 11.2. The maximum atomic E-state index is 12.6. The standard InChI is InChI=1S/C18H18N2O2S/c1-3-13(12-8-5-4-6-9-12)17(21)20-18-19-16-14(22-2)10-7-11-15(16)23-18/h4-11,13H,3H2,1-2H3,(H,19,20,21). The Hall–Kier alpha value is -2.40. The molecule has 3 rings (SSSR count). The number of amides is 1. The van der Waals surface area contributed by atoms with Gasteiger partial charge in [0.1, 0.15) is 11.3 Å². The van der Waals surface area contributed by atoms with Gasteiger partial charge in [0.25, 0.3) is 0 Å². The third kappa shape index (κ3) is 3.19. The van der Waals surface area contributed by atoms with Crippen molar-refractivity contribution in [2.75, 3.05) is 12.4 Å². The lowest BCUT2D eigenvalue weighted by Gasteiger charge is -2.13. The van der Waals surface area contributed by atoms with Crippen molar-refractivity contribution in [2.24, 2.45) is 0 Å². The van der Waals surface area contributed by atoms with Crippen LogP contribution in [0.3, 0.4) is 0 Å². The number of rotatable bonds is 5. The lowest BCUT2D eigenvalue weighted by molar-refractivity contribution is -0.117. The molecule has 1 atom stereocenters. The number of nitrogens with one attached hydrogen (secondary N) is 1. The average Bonchev–Trinajstić information content (AvgIpc) is 2.98.